The van der Waals surface area contributed by atoms with E-state index in [0.29, 0.717) is 0 Å². The smallest absolute Gasteiger partial charge is 0.106 e. The third-order valence-electron chi connectivity index (χ3n) is 2.78. The highest BCUT2D eigenvalue weighted by molar-refractivity contribution is 6.54. The van der Waals surface area contributed by atoms with Crippen molar-refractivity contribution in [3.05, 3.63) is 0 Å². The average Bonchev–Trinajstić information content (AvgIpc) is 2.19. The van der Waals surface area contributed by atoms with Crippen molar-refractivity contribution in [1.82, 2.24) is 10.2 Å². The lowest BCUT2D eigenvalue weighted by molar-refractivity contribution is 0.241. The molecule has 0 radical (unpaired) electrons. The van der Waals surface area contributed by atoms with Gasteiger partial charge in [-0.1, -0.05) is 13.0 Å². The van der Waals surface area contributed by atoms with E-state index in [1.807, 2.05) is 0 Å². The molecule has 1 rings (SSSR count). The van der Waals surface area contributed by atoms with Gasteiger partial charge in [-0.2, -0.15) is 0 Å². The Morgan fingerprint density at radius 2 is 2.08 bits per heavy atom. The number of hydrogen-bond donors (Lipinski definition) is 2. The van der Waals surface area contributed by atoms with Crippen LogP contribution in [-0.2, 0) is 0 Å². The van der Waals surface area contributed by atoms with Gasteiger partial charge in [0.1, 0.15) is 8.96 Å². The van der Waals surface area contributed by atoms with Gasteiger partial charge in [-0.3, -0.25) is 0 Å². The molecule has 1 aliphatic rings. The van der Waals surface area contributed by atoms with Gasteiger partial charge >= 0.3 is 0 Å². The molecule has 3 N–H and O–H groups in total. The molecule has 0 spiro atoms. The Hall–Kier alpha value is 0.0969. The van der Waals surface area contributed by atoms with Gasteiger partial charge in [0.05, 0.1) is 0 Å². The topological polar surface area (TPSA) is 41.3 Å². The number of hydrogen-bond acceptors (Lipinski definition) is 3. The quantitative estimate of drug-likeness (QED) is 0.615. The van der Waals surface area contributed by atoms with E-state index in [0.717, 1.165) is 13.1 Å². The van der Waals surface area contributed by atoms with Crippen molar-refractivity contribution in [1.29, 1.82) is 0 Å². The Bertz CT molecular complexity index is 126. The molecule has 0 saturated carbocycles. The van der Waals surface area contributed by atoms with Crippen molar-refractivity contribution in [3.8, 4) is 0 Å². The Kier molecular flexibility index (Phi) is 5.62. The predicted octanol–water partition coefficient (Wildman–Crippen LogP) is -0.0159. The highest BCUT2D eigenvalue weighted by Gasteiger charge is 2.09. The van der Waals surface area contributed by atoms with E-state index in [-0.39, 0.29) is 0 Å². The van der Waals surface area contributed by atoms with Gasteiger partial charge < -0.3 is 15.6 Å². The lowest BCUT2D eigenvalue weighted by Gasteiger charge is -2.27. The van der Waals surface area contributed by atoms with Crippen molar-refractivity contribution < 1.29 is 0 Å². The lowest BCUT2D eigenvalue weighted by atomic mass is 10.3. The average molecular weight is 201 g/mol. The van der Waals surface area contributed by atoms with Crippen LogP contribution in [0.25, 0.3) is 0 Å². The number of piperazine rings is 1. The fourth-order valence-electron chi connectivity index (χ4n) is 1.72. The van der Waals surface area contributed by atoms with E-state index in [4.69, 9.17) is 5.40 Å². The molecular weight excluding hydrogens is 178 g/mol. The normalized spacial score (nSPS) is 21.7. The van der Waals surface area contributed by atoms with E-state index >= 15 is 0 Å². The highest BCUT2D eigenvalue weighted by atomic mass is 28.3. The minimum Gasteiger partial charge on any atom is -0.353 e. The summed E-state index contributed by atoms with van der Waals surface area (Å²) in [5.41, 5.74) is 0. The Morgan fingerprint density at radius 3 is 2.69 bits per heavy atom. The number of nitrogens with two attached hydrogens (primary N) is 1. The van der Waals surface area contributed by atoms with E-state index in [2.05, 4.69) is 17.1 Å². The maximum atomic E-state index is 6.00. The molecular formula is C9H23N3Si. The molecule has 1 aliphatic heterocycles. The summed E-state index contributed by atoms with van der Waals surface area (Å²) in [7, 11) is -0.795. The van der Waals surface area contributed by atoms with Crippen molar-refractivity contribution in [3.63, 3.8) is 0 Å². The van der Waals surface area contributed by atoms with Gasteiger partial charge in [0.25, 0.3) is 0 Å². The molecule has 1 heterocycles. The number of nitrogens with one attached hydrogen (secondary N) is 1. The van der Waals surface area contributed by atoms with Crippen LogP contribution in [0.2, 0.25) is 12.1 Å². The molecule has 1 saturated heterocycles. The Balaban J connectivity index is 1.98. The van der Waals surface area contributed by atoms with E-state index in [1.165, 1.54) is 38.1 Å². The first-order valence-electron chi connectivity index (χ1n) is 5.51. The largest absolute Gasteiger partial charge is 0.353 e. The summed E-state index contributed by atoms with van der Waals surface area (Å²) in [6.45, 7) is 8.27. The van der Waals surface area contributed by atoms with Crippen molar-refractivity contribution >= 4 is 8.96 Å². The van der Waals surface area contributed by atoms with Crippen molar-refractivity contribution in [2.24, 2.45) is 5.40 Å². The van der Waals surface area contributed by atoms with Crippen LogP contribution < -0.4 is 10.7 Å². The standard InChI is InChI=1S/C9H23N3Si/c1-2-13(10)9-3-6-12-7-4-11-5-8-12/h11,13H,2-10H2,1H3. The lowest BCUT2D eigenvalue weighted by Crippen LogP contribution is -2.44. The fraction of sp³-hybridized carbons (Fsp3) is 1.00. The molecule has 1 unspecified atom stereocenters. The maximum absolute atomic E-state index is 6.00. The van der Waals surface area contributed by atoms with Crippen molar-refractivity contribution in [2.75, 3.05) is 32.7 Å². The second-order valence-corrected chi connectivity index (χ2v) is 6.82. The van der Waals surface area contributed by atoms with Gasteiger partial charge in [0.2, 0.25) is 0 Å². The first-order chi connectivity index (χ1) is 6.33. The minimum atomic E-state index is -0.795. The van der Waals surface area contributed by atoms with Crippen LogP contribution in [0.4, 0.5) is 0 Å². The molecule has 78 valence electrons. The molecule has 0 aromatic carbocycles. The van der Waals surface area contributed by atoms with Gasteiger partial charge in [0, 0.05) is 26.2 Å². The van der Waals surface area contributed by atoms with E-state index in [9.17, 15) is 0 Å². The zero-order valence-corrected chi connectivity index (χ0v) is 9.91. The second-order valence-electron chi connectivity index (χ2n) is 3.90. The molecule has 0 aliphatic carbocycles. The van der Waals surface area contributed by atoms with Crippen LogP contribution in [-0.4, -0.2) is 46.6 Å². The van der Waals surface area contributed by atoms with Crippen LogP contribution in [0, 0.1) is 0 Å². The first kappa shape index (κ1) is 11.2. The zero-order chi connectivity index (χ0) is 9.52. The van der Waals surface area contributed by atoms with Crippen LogP contribution in [0.3, 0.4) is 0 Å². The monoisotopic (exact) mass is 201 g/mol. The van der Waals surface area contributed by atoms with Gasteiger partial charge in [-0.25, -0.2) is 0 Å². The van der Waals surface area contributed by atoms with E-state index in [1.54, 1.807) is 0 Å². The first-order valence-corrected chi connectivity index (χ1v) is 7.81. The van der Waals surface area contributed by atoms with Gasteiger partial charge in [-0.05, 0) is 19.0 Å². The molecule has 0 aromatic rings. The van der Waals surface area contributed by atoms with Gasteiger partial charge in [0.15, 0.2) is 0 Å². The van der Waals surface area contributed by atoms with Crippen LogP contribution in [0.5, 0.6) is 0 Å². The van der Waals surface area contributed by atoms with Crippen molar-refractivity contribution in [2.45, 2.75) is 25.4 Å². The summed E-state index contributed by atoms with van der Waals surface area (Å²) in [4.78, 5) is 2.55. The fourth-order valence-corrected chi connectivity index (χ4v) is 2.83. The third-order valence-corrected chi connectivity index (χ3v) is 4.98. The molecule has 0 bridgehead atoms. The van der Waals surface area contributed by atoms with E-state index < -0.39 is 8.96 Å². The highest BCUT2D eigenvalue weighted by Crippen LogP contribution is 2.01. The summed E-state index contributed by atoms with van der Waals surface area (Å²) >= 11 is 0. The Morgan fingerprint density at radius 1 is 1.38 bits per heavy atom. The van der Waals surface area contributed by atoms with Crippen LogP contribution in [0.15, 0.2) is 0 Å². The summed E-state index contributed by atoms with van der Waals surface area (Å²) in [6, 6.07) is 2.57. The maximum Gasteiger partial charge on any atom is 0.106 e. The third kappa shape index (κ3) is 4.76. The summed E-state index contributed by atoms with van der Waals surface area (Å²) in [5.74, 6) is 0. The summed E-state index contributed by atoms with van der Waals surface area (Å²) in [6.07, 6.45) is 1.32. The van der Waals surface area contributed by atoms with Crippen LogP contribution >= 0.6 is 0 Å². The predicted molar refractivity (Wildman–Crippen MR) is 60.6 cm³/mol. The molecule has 4 heteroatoms. The molecule has 1 fully saturated rings. The summed E-state index contributed by atoms with van der Waals surface area (Å²) in [5, 5.41) is 9.36. The molecule has 0 aromatic heterocycles. The number of rotatable bonds is 5. The molecule has 0 amide bonds. The number of nitrogens with zero attached hydrogens (tertiary/aromatic N) is 1. The summed E-state index contributed by atoms with van der Waals surface area (Å²) < 4.78 is 0. The molecule has 13 heavy (non-hydrogen) atoms. The molecule has 1 atom stereocenters. The molecule has 3 nitrogen and oxygen atoms in total. The van der Waals surface area contributed by atoms with Gasteiger partial charge in [-0.15, -0.1) is 0 Å². The minimum absolute atomic E-state index is 0.795. The Labute approximate surface area is 83.4 Å². The van der Waals surface area contributed by atoms with Crippen LogP contribution in [0.1, 0.15) is 13.3 Å². The zero-order valence-electron chi connectivity index (χ0n) is 8.76. The second kappa shape index (κ2) is 6.54. The SMILES string of the molecule is CC[SiH](N)CCCN1CCNCC1.